The number of thioether (sulfide) groups is 1. The van der Waals surface area contributed by atoms with E-state index < -0.39 is 0 Å². The van der Waals surface area contributed by atoms with Crippen molar-refractivity contribution in [1.29, 1.82) is 0 Å². The Balaban J connectivity index is 1.54. The molecule has 0 unspecified atom stereocenters. The van der Waals surface area contributed by atoms with Crippen LogP contribution in [0.4, 0.5) is 0 Å². The van der Waals surface area contributed by atoms with E-state index in [1.54, 1.807) is 19.1 Å². The normalized spacial score (nSPS) is 11.9. The van der Waals surface area contributed by atoms with Crippen LogP contribution in [-0.4, -0.2) is 44.4 Å². The van der Waals surface area contributed by atoms with Gasteiger partial charge in [-0.15, -0.1) is 10.2 Å². The number of hydrogen-bond donors (Lipinski definition) is 2. The van der Waals surface area contributed by atoms with E-state index in [9.17, 15) is 9.90 Å². The lowest BCUT2D eigenvalue weighted by molar-refractivity contribution is -0.118. The van der Waals surface area contributed by atoms with Gasteiger partial charge in [-0.2, -0.15) is 5.10 Å². The molecule has 39 heavy (non-hydrogen) atoms. The average molecular weight is 544 g/mol. The topological polar surface area (TPSA) is 102 Å². The van der Waals surface area contributed by atoms with Crippen LogP contribution in [0.3, 0.4) is 0 Å². The highest BCUT2D eigenvalue weighted by Gasteiger charge is 2.19. The van der Waals surface area contributed by atoms with Crippen LogP contribution in [0.1, 0.15) is 44.4 Å². The number of amides is 1. The maximum Gasteiger partial charge on any atom is 0.250 e. The number of methoxy groups -OCH3 is 1. The zero-order valence-corrected chi connectivity index (χ0v) is 23.8. The molecule has 1 heterocycles. The van der Waals surface area contributed by atoms with Gasteiger partial charge in [0.25, 0.3) is 5.91 Å². The lowest BCUT2D eigenvalue weighted by atomic mass is 9.87. The molecule has 0 aliphatic heterocycles. The molecule has 0 bridgehead atoms. The SMILES string of the molecule is COc1cc(C(C)=NNC(=O)CSc2nnc(-c3ccc(C(C)(C)C)cc3)n2-c2ccc(C)cc2)ccc1O. The Kier molecular flexibility index (Phi) is 8.40. The van der Waals surface area contributed by atoms with Gasteiger partial charge in [-0.25, -0.2) is 5.43 Å². The first kappa shape index (κ1) is 27.9. The Morgan fingerprint density at radius 3 is 2.38 bits per heavy atom. The predicted octanol–water partition coefficient (Wildman–Crippen LogP) is 5.89. The number of aromatic hydroxyl groups is 1. The van der Waals surface area contributed by atoms with E-state index in [2.05, 4.69) is 65.8 Å². The number of nitrogens with one attached hydrogen (secondary N) is 1. The maximum absolute atomic E-state index is 12.7. The van der Waals surface area contributed by atoms with Gasteiger partial charge in [-0.05, 0) is 55.2 Å². The summed E-state index contributed by atoms with van der Waals surface area (Å²) in [5, 5.41) is 23.5. The van der Waals surface area contributed by atoms with Crippen molar-refractivity contribution in [2.24, 2.45) is 5.10 Å². The van der Waals surface area contributed by atoms with Gasteiger partial charge in [0, 0.05) is 16.8 Å². The predicted molar refractivity (Wildman–Crippen MR) is 156 cm³/mol. The molecule has 0 spiro atoms. The van der Waals surface area contributed by atoms with Crippen LogP contribution in [0, 0.1) is 6.92 Å². The Morgan fingerprint density at radius 1 is 1.05 bits per heavy atom. The molecule has 0 saturated heterocycles. The second-order valence-corrected chi connectivity index (χ2v) is 11.2. The number of carbonyl (C=O) groups excluding carboxylic acids is 1. The third kappa shape index (κ3) is 6.67. The summed E-state index contributed by atoms with van der Waals surface area (Å²) in [6.45, 7) is 10.4. The first-order chi connectivity index (χ1) is 18.6. The number of benzene rings is 3. The molecular weight excluding hydrogens is 510 g/mol. The standard InChI is InChI=1S/C30H33N5O3S/c1-19-7-14-24(15-8-19)35-28(21-9-12-23(13-10-21)30(3,4)5)33-34-29(35)39-18-27(37)32-31-20(2)22-11-16-25(36)26(17-22)38-6/h7-17,36H,18H2,1-6H3,(H,32,37). The molecule has 3 aromatic carbocycles. The van der Waals surface area contributed by atoms with Gasteiger partial charge >= 0.3 is 0 Å². The van der Waals surface area contributed by atoms with E-state index in [1.165, 1.54) is 30.5 Å². The van der Waals surface area contributed by atoms with Crippen molar-refractivity contribution in [3.05, 3.63) is 83.4 Å². The molecule has 0 saturated carbocycles. The van der Waals surface area contributed by atoms with Crippen LogP contribution in [-0.2, 0) is 10.2 Å². The monoisotopic (exact) mass is 543 g/mol. The molecule has 8 nitrogen and oxygen atoms in total. The second-order valence-electron chi connectivity index (χ2n) is 10.2. The number of rotatable bonds is 8. The minimum absolute atomic E-state index is 0.0386. The van der Waals surface area contributed by atoms with Gasteiger partial charge in [0.15, 0.2) is 22.5 Å². The smallest absolute Gasteiger partial charge is 0.250 e. The van der Waals surface area contributed by atoms with Crippen molar-refractivity contribution >= 4 is 23.4 Å². The van der Waals surface area contributed by atoms with Crippen molar-refractivity contribution in [2.75, 3.05) is 12.9 Å². The number of phenolic OH excluding ortho intramolecular Hbond substituents is 1. The maximum atomic E-state index is 12.7. The first-order valence-corrected chi connectivity index (χ1v) is 13.5. The lowest BCUT2D eigenvalue weighted by Gasteiger charge is -2.19. The quantitative estimate of drug-likeness (QED) is 0.163. The van der Waals surface area contributed by atoms with Gasteiger partial charge in [0.1, 0.15) is 0 Å². The van der Waals surface area contributed by atoms with Gasteiger partial charge < -0.3 is 9.84 Å². The van der Waals surface area contributed by atoms with Crippen molar-refractivity contribution in [1.82, 2.24) is 20.2 Å². The molecule has 9 heteroatoms. The van der Waals surface area contributed by atoms with E-state index in [0.717, 1.165) is 22.4 Å². The second kappa shape index (κ2) is 11.7. The molecule has 0 fully saturated rings. The molecule has 4 aromatic rings. The molecule has 202 valence electrons. The van der Waals surface area contributed by atoms with Crippen molar-refractivity contribution in [3.63, 3.8) is 0 Å². The van der Waals surface area contributed by atoms with Crippen molar-refractivity contribution in [3.8, 4) is 28.6 Å². The summed E-state index contributed by atoms with van der Waals surface area (Å²) in [4.78, 5) is 12.7. The third-order valence-electron chi connectivity index (χ3n) is 6.21. The fourth-order valence-electron chi connectivity index (χ4n) is 3.87. The zero-order chi connectivity index (χ0) is 28.2. The Morgan fingerprint density at radius 2 is 1.74 bits per heavy atom. The fraction of sp³-hybridized carbons (Fsp3) is 0.267. The summed E-state index contributed by atoms with van der Waals surface area (Å²) in [6, 6.07) is 21.4. The number of nitrogens with zero attached hydrogens (tertiary/aromatic N) is 4. The number of ether oxygens (including phenoxy) is 1. The number of hydrogen-bond acceptors (Lipinski definition) is 7. The molecule has 0 radical (unpaired) electrons. The highest BCUT2D eigenvalue weighted by atomic mass is 32.2. The summed E-state index contributed by atoms with van der Waals surface area (Å²) in [5.74, 6) is 0.903. The Hall–Kier alpha value is -4.11. The lowest BCUT2D eigenvalue weighted by Crippen LogP contribution is -2.21. The third-order valence-corrected chi connectivity index (χ3v) is 7.14. The van der Waals surface area contributed by atoms with Crippen LogP contribution in [0.15, 0.2) is 77.0 Å². The Bertz CT molecular complexity index is 1490. The number of carbonyl (C=O) groups is 1. The van der Waals surface area contributed by atoms with Crippen LogP contribution in [0.2, 0.25) is 0 Å². The number of aromatic nitrogens is 3. The minimum Gasteiger partial charge on any atom is -0.504 e. The van der Waals surface area contributed by atoms with Crippen LogP contribution in [0.25, 0.3) is 17.1 Å². The number of hydrazone groups is 1. The summed E-state index contributed by atoms with van der Waals surface area (Å²) in [5.41, 5.74) is 8.19. The van der Waals surface area contributed by atoms with Crippen LogP contribution < -0.4 is 10.2 Å². The molecule has 0 aliphatic carbocycles. The van der Waals surface area contributed by atoms with Gasteiger partial charge in [-0.1, -0.05) is 74.5 Å². The highest BCUT2D eigenvalue weighted by Crippen LogP contribution is 2.30. The number of phenols is 1. The molecule has 0 aliphatic rings. The van der Waals surface area contributed by atoms with Gasteiger partial charge in [0.05, 0.1) is 18.6 Å². The minimum atomic E-state index is -0.278. The summed E-state index contributed by atoms with van der Waals surface area (Å²) in [7, 11) is 1.48. The average Bonchev–Trinajstić information content (AvgIpc) is 3.34. The van der Waals surface area contributed by atoms with E-state index >= 15 is 0 Å². The fourth-order valence-corrected chi connectivity index (χ4v) is 4.62. The van der Waals surface area contributed by atoms with Gasteiger partial charge in [0.2, 0.25) is 0 Å². The molecule has 2 N–H and O–H groups in total. The van der Waals surface area contributed by atoms with E-state index in [-0.39, 0.29) is 22.8 Å². The van der Waals surface area contributed by atoms with Crippen molar-refractivity contribution in [2.45, 2.75) is 45.2 Å². The summed E-state index contributed by atoms with van der Waals surface area (Å²) >= 11 is 1.29. The van der Waals surface area contributed by atoms with E-state index in [1.807, 2.05) is 35.8 Å². The molecular formula is C30H33N5O3S. The van der Waals surface area contributed by atoms with Crippen molar-refractivity contribution < 1.29 is 14.6 Å². The highest BCUT2D eigenvalue weighted by molar-refractivity contribution is 7.99. The zero-order valence-electron chi connectivity index (χ0n) is 23.0. The first-order valence-electron chi connectivity index (χ1n) is 12.5. The number of aryl methyl sites for hydroxylation is 1. The van der Waals surface area contributed by atoms with Crippen LogP contribution in [0.5, 0.6) is 11.5 Å². The molecule has 1 amide bonds. The molecule has 4 rings (SSSR count). The molecule has 0 atom stereocenters. The van der Waals surface area contributed by atoms with E-state index in [0.29, 0.717) is 22.4 Å². The van der Waals surface area contributed by atoms with Crippen LogP contribution >= 0.6 is 11.8 Å². The molecule has 1 aromatic heterocycles. The van der Waals surface area contributed by atoms with Gasteiger partial charge in [-0.3, -0.25) is 9.36 Å². The van der Waals surface area contributed by atoms with E-state index in [4.69, 9.17) is 4.74 Å². The summed E-state index contributed by atoms with van der Waals surface area (Å²) < 4.78 is 7.12. The Labute approximate surface area is 233 Å². The summed E-state index contributed by atoms with van der Waals surface area (Å²) in [6.07, 6.45) is 0. The largest absolute Gasteiger partial charge is 0.504 e.